The summed E-state index contributed by atoms with van der Waals surface area (Å²) in [5.74, 6) is 1.54. The van der Waals surface area contributed by atoms with E-state index in [1.807, 2.05) is 19.9 Å². The molecule has 1 aromatic rings. The highest BCUT2D eigenvalue weighted by Crippen LogP contribution is 2.55. The lowest BCUT2D eigenvalue weighted by Crippen LogP contribution is -2.41. The molecular weight excluding hydrogens is 352 g/mol. The fraction of sp³-hybridized carbons (Fsp3) is 0.591. The van der Waals surface area contributed by atoms with Crippen LogP contribution >= 0.6 is 0 Å². The Labute approximate surface area is 166 Å². The fourth-order valence-electron chi connectivity index (χ4n) is 5.19. The van der Waals surface area contributed by atoms with E-state index in [1.165, 1.54) is 0 Å². The van der Waals surface area contributed by atoms with Crippen LogP contribution in [0.3, 0.4) is 0 Å². The van der Waals surface area contributed by atoms with E-state index in [4.69, 9.17) is 9.72 Å². The van der Waals surface area contributed by atoms with Crippen LogP contribution in [0, 0.1) is 37.0 Å². The second-order valence-corrected chi connectivity index (χ2v) is 8.42. The summed E-state index contributed by atoms with van der Waals surface area (Å²) in [7, 11) is 0. The number of ether oxygens (including phenoxy) is 1. The Morgan fingerprint density at radius 2 is 2.39 bits per heavy atom. The quantitative estimate of drug-likeness (QED) is 0.768. The average molecular weight is 380 g/mol. The molecule has 3 fully saturated rings. The Morgan fingerprint density at radius 3 is 3.14 bits per heavy atom. The molecule has 28 heavy (non-hydrogen) atoms. The number of anilines is 1. The fourth-order valence-corrected chi connectivity index (χ4v) is 5.19. The van der Waals surface area contributed by atoms with Gasteiger partial charge in [0.2, 0.25) is 5.91 Å². The predicted octanol–water partition coefficient (Wildman–Crippen LogP) is 2.64. The van der Waals surface area contributed by atoms with Crippen molar-refractivity contribution in [3.05, 3.63) is 35.5 Å². The molecule has 0 saturated carbocycles. The number of allylic oxidation sites excluding steroid dienone is 1. The number of aryl methyl sites for hydroxylation is 2. The first-order chi connectivity index (χ1) is 13.5. The van der Waals surface area contributed by atoms with Gasteiger partial charge in [-0.15, -0.1) is 6.58 Å². The molecule has 6 heteroatoms. The minimum absolute atomic E-state index is 0.0779. The molecule has 0 aliphatic carbocycles. The van der Waals surface area contributed by atoms with E-state index in [1.54, 1.807) is 6.08 Å². The molecule has 0 radical (unpaired) electrons. The van der Waals surface area contributed by atoms with Crippen LogP contribution in [0.25, 0.3) is 0 Å². The Bertz CT molecular complexity index is 846. The normalized spacial score (nSPS) is 30.2. The van der Waals surface area contributed by atoms with E-state index < -0.39 is 0 Å². The molecule has 3 aliphatic rings. The molecule has 3 saturated heterocycles. The second-order valence-electron chi connectivity index (χ2n) is 8.42. The van der Waals surface area contributed by atoms with Crippen LogP contribution in [0.1, 0.15) is 42.5 Å². The molecule has 0 aromatic carbocycles. The van der Waals surface area contributed by atoms with Crippen LogP contribution in [-0.2, 0) is 9.53 Å². The van der Waals surface area contributed by atoms with Gasteiger partial charge in [-0.2, -0.15) is 5.26 Å². The van der Waals surface area contributed by atoms with Gasteiger partial charge in [-0.05, 0) is 44.7 Å². The molecule has 1 aromatic heterocycles. The van der Waals surface area contributed by atoms with Gasteiger partial charge in [0.1, 0.15) is 11.9 Å². The van der Waals surface area contributed by atoms with Gasteiger partial charge >= 0.3 is 0 Å². The highest BCUT2D eigenvalue weighted by Gasteiger charge is 2.63. The van der Waals surface area contributed by atoms with Crippen LogP contribution in [0.4, 0.5) is 5.82 Å². The molecule has 1 N–H and O–H groups in total. The van der Waals surface area contributed by atoms with Crippen molar-refractivity contribution in [3.63, 3.8) is 0 Å². The zero-order chi connectivity index (χ0) is 19.9. The van der Waals surface area contributed by atoms with Gasteiger partial charge < -0.3 is 15.0 Å². The number of carbonyl (C=O) groups excluding carboxylic acids is 1. The highest BCUT2D eigenvalue weighted by atomic mass is 16.5. The lowest BCUT2D eigenvalue weighted by Gasteiger charge is -2.29. The van der Waals surface area contributed by atoms with Gasteiger partial charge in [-0.1, -0.05) is 6.08 Å². The molecule has 0 unspecified atom stereocenters. The summed E-state index contributed by atoms with van der Waals surface area (Å²) in [4.78, 5) is 19.0. The number of hydrogen-bond acceptors (Lipinski definition) is 5. The van der Waals surface area contributed by atoms with E-state index in [-0.39, 0.29) is 17.6 Å². The van der Waals surface area contributed by atoms with Gasteiger partial charge in [-0.25, -0.2) is 4.98 Å². The van der Waals surface area contributed by atoms with Crippen LogP contribution in [-0.4, -0.2) is 42.2 Å². The Morgan fingerprint density at radius 1 is 1.57 bits per heavy atom. The third kappa shape index (κ3) is 3.08. The van der Waals surface area contributed by atoms with Crippen molar-refractivity contribution in [2.24, 2.45) is 11.8 Å². The standard InChI is InChI=1S/C22H28N4O2/c1-4-5-6-20(27)24-11-17-18-12-26(13-22(18)8-7-19(17)28-22)21-16(10-23)9-14(2)15(3)25-21/h4,9,17-19H,1,5-8,11-13H2,2-3H3,(H,24,27)/t17-,18+,19+,22+/m0/s1. The van der Waals surface area contributed by atoms with Crippen molar-refractivity contribution in [1.82, 2.24) is 10.3 Å². The first-order valence-electron chi connectivity index (χ1n) is 10.2. The summed E-state index contributed by atoms with van der Waals surface area (Å²) in [5, 5.41) is 12.7. The van der Waals surface area contributed by atoms with E-state index in [9.17, 15) is 10.1 Å². The Balaban J connectivity index is 1.51. The summed E-state index contributed by atoms with van der Waals surface area (Å²) >= 11 is 0. The molecule has 2 bridgehead atoms. The number of nitrogens with one attached hydrogen (secondary N) is 1. The van der Waals surface area contributed by atoms with E-state index in [0.717, 1.165) is 43.0 Å². The number of carbonyl (C=O) groups is 1. The van der Waals surface area contributed by atoms with Crippen LogP contribution in [0.2, 0.25) is 0 Å². The summed E-state index contributed by atoms with van der Waals surface area (Å²) in [5.41, 5.74) is 2.47. The highest BCUT2D eigenvalue weighted by molar-refractivity contribution is 5.76. The van der Waals surface area contributed by atoms with Crippen LogP contribution < -0.4 is 10.2 Å². The number of nitriles is 1. The number of rotatable bonds is 6. The third-order valence-electron chi connectivity index (χ3n) is 6.76. The van der Waals surface area contributed by atoms with E-state index in [0.29, 0.717) is 36.8 Å². The smallest absolute Gasteiger partial charge is 0.220 e. The molecular formula is C22H28N4O2. The minimum atomic E-state index is -0.158. The minimum Gasteiger partial charge on any atom is -0.369 e. The summed E-state index contributed by atoms with van der Waals surface area (Å²) < 4.78 is 6.47. The van der Waals surface area contributed by atoms with Crippen molar-refractivity contribution < 1.29 is 9.53 Å². The summed E-state index contributed by atoms with van der Waals surface area (Å²) in [6.07, 6.45) is 5.28. The van der Waals surface area contributed by atoms with Gasteiger partial charge in [0.05, 0.1) is 17.3 Å². The first-order valence-corrected chi connectivity index (χ1v) is 10.2. The predicted molar refractivity (Wildman–Crippen MR) is 107 cm³/mol. The number of nitrogens with zero attached hydrogens (tertiary/aromatic N) is 3. The van der Waals surface area contributed by atoms with E-state index >= 15 is 0 Å². The topological polar surface area (TPSA) is 78.3 Å². The molecule has 4 heterocycles. The lowest BCUT2D eigenvalue weighted by atomic mass is 9.73. The summed E-state index contributed by atoms with van der Waals surface area (Å²) in [6, 6.07) is 4.24. The maximum atomic E-state index is 12.0. The number of aromatic nitrogens is 1. The molecule has 3 aliphatic heterocycles. The SMILES string of the molecule is C=CCCC(=O)NC[C@H]1[C@H]2CN(c3nc(C)c(C)cc3C#N)C[C@]23CC[C@H]1O3. The van der Waals surface area contributed by atoms with Crippen LogP contribution in [0.5, 0.6) is 0 Å². The van der Waals surface area contributed by atoms with Crippen molar-refractivity contribution >= 4 is 11.7 Å². The Hall–Kier alpha value is -2.39. The van der Waals surface area contributed by atoms with Gasteiger partial charge in [0.25, 0.3) is 0 Å². The molecule has 1 spiro atoms. The number of hydrogen-bond donors (Lipinski definition) is 1. The molecule has 4 rings (SSSR count). The van der Waals surface area contributed by atoms with Crippen molar-refractivity contribution in [3.8, 4) is 6.07 Å². The average Bonchev–Trinajstić information content (AvgIpc) is 3.34. The molecule has 4 atom stereocenters. The molecule has 148 valence electrons. The van der Waals surface area contributed by atoms with Gasteiger partial charge in [0.15, 0.2) is 0 Å². The number of amides is 1. The first kappa shape index (κ1) is 18.9. The second kappa shape index (κ2) is 7.21. The molecule has 6 nitrogen and oxygen atoms in total. The van der Waals surface area contributed by atoms with Crippen molar-refractivity contribution in [1.29, 1.82) is 5.26 Å². The monoisotopic (exact) mass is 380 g/mol. The van der Waals surface area contributed by atoms with Crippen molar-refractivity contribution in [2.75, 3.05) is 24.5 Å². The maximum Gasteiger partial charge on any atom is 0.220 e. The van der Waals surface area contributed by atoms with E-state index in [2.05, 4.69) is 22.9 Å². The Kier molecular flexibility index (Phi) is 4.88. The van der Waals surface area contributed by atoms with Gasteiger partial charge in [0, 0.05) is 43.6 Å². The maximum absolute atomic E-state index is 12.0. The lowest BCUT2D eigenvalue weighted by molar-refractivity contribution is -0.121. The summed E-state index contributed by atoms with van der Waals surface area (Å²) in [6.45, 7) is 9.91. The largest absolute Gasteiger partial charge is 0.369 e. The van der Waals surface area contributed by atoms with Crippen molar-refractivity contribution in [2.45, 2.75) is 51.2 Å². The molecule has 1 amide bonds. The zero-order valence-corrected chi connectivity index (χ0v) is 16.7. The zero-order valence-electron chi connectivity index (χ0n) is 16.7. The third-order valence-corrected chi connectivity index (χ3v) is 6.76. The van der Waals surface area contributed by atoms with Gasteiger partial charge in [-0.3, -0.25) is 4.79 Å². The number of pyridine rings is 1. The van der Waals surface area contributed by atoms with Crippen LogP contribution in [0.15, 0.2) is 18.7 Å². The number of fused-ring (bicyclic) bond motifs is 1.